The summed E-state index contributed by atoms with van der Waals surface area (Å²) in [6.45, 7) is 7.42. The van der Waals surface area contributed by atoms with Crippen molar-refractivity contribution in [2.24, 2.45) is 0 Å². The monoisotopic (exact) mass is 333 g/mol. The number of aryl methyl sites for hydroxylation is 1. The molecule has 1 aliphatic heterocycles. The summed E-state index contributed by atoms with van der Waals surface area (Å²) in [6.07, 6.45) is 2.17. The van der Waals surface area contributed by atoms with Crippen LogP contribution in [0.1, 0.15) is 44.7 Å². The molecule has 1 aromatic carbocycles. The number of ether oxygens (including phenoxy) is 3. The Morgan fingerprint density at radius 1 is 1.29 bits per heavy atom. The van der Waals surface area contributed by atoms with Crippen LogP contribution in [0.4, 0.5) is 4.79 Å². The number of hydrogen-bond donors (Lipinski definition) is 1. The smallest absolute Gasteiger partial charge is 0.407 e. The summed E-state index contributed by atoms with van der Waals surface area (Å²) < 4.78 is 16.7. The molecular formula is C19H27NO4. The third-order valence-electron chi connectivity index (χ3n) is 4.68. The van der Waals surface area contributed by atoms with Crippen LogP contribution in [0.3, 0.4) is 0 Å². The van der Waals surface area contributed by atoms with Crippen molar-refractivity contribution < 1.29 is 19.0 Å². The van der Waals surface area contributed by atoms with Crippen LogP contribution < -0.4 is 5.32 Å². The molecule has 0 aromatic heterocycles. The molecule has 0 saturated carbocycles. The van der Waals surface area contributed by atoms with E-state index in [-0.39, 0.29) is 17.8 Å². The summed E-state index contributed by atoms with van der Waals surface area (Å²) in [5, 5.41) is 2.96. The van der Waals surface area contributed by atoms with Crippen molar-refractivity contribution in [2.75, 3.05) is 19.8 Å². The molecular weight excluding hydrogens is 306 g/mol. The van der Waals surface area contributed by atoms with Gasteiger partial charge in [0, 0.05) is 18.4 Å². The second-order valence-electron chi connectivity index (χ2n) is 7.67. The molecule has 1 saturated heterocycles. The van der Waals surface area contributed by atoms with Crippen LogP contribution in [0.25, 0.3) is 0 Å². The highest BCUT2D eigenvalue weighted by Gasteiger charge is 2.42. The van der Waals surface area contributed by atoms with Gasteiger partial charge in [-0.25, -0.2) is 4.79 Å². The van der Waals surface area contributed by atoms with Crippen molar-refractivity contribution in [2.45, 2.75) is 57.3 Å². The van der Waals surface area contributed by atoms with Crippen molar-refractivity contribution in [1.29, 1.82) is 0 Å². The maximum Gasteiger partial charge on any atom is 0.407 e. The van der Waals surface area contributed by atoms with E-state index in [1.54, 1.807) is 0 Å². The molecule has 1 aliphatic carbocycles. The highest BCUT2D eigenvalue weighted by atomic mass is 16.7. The second kappa shape index (κ2) is 6.73. The lowest BCUT2D eigenvalue weighted by Crippen LogP contribution is -2.43. The molecule has 24 heavy (non-hydrogen) atoms. The summed E-state index contributed by atoms with van der Waals surface area (Å²) in [6, 6.07) is 8.45. The molecule has 0 spiro atoms. The number of carbonyl (C=O) groups is 1. The normalized spacial score (nSPS) is 24.0. The molecule has 5 heteroatoms. The van der Waals surface area contributed by atoms with Crippen molar-refractivity contribution in [1.82, 2.24) is 5.32 Å². The largest absolute Gasteiger partial charge is 0.444 e. The third-order valence-corrected chi connectivity index (χ3v) is 4.68. The van der Waals surface area contributed by atoms with Gasteiger partial charge in [-0.05, 0) is 44.7 Å². The molecule has 3 rings (SSSR count). The fourth-order valence-electron chi connectivity index (χ4n) is 3.63. The Bertz CT molecular complexity index is 589. The lowest BCUT2D eigenvalue weighted by molar-refractivity contribution is -0.0616. The van der Waals surface area contributed by atoms with E-state index in [4.69, 9.17) is 14.2 Å². The molecule has 2 aliphatic rings. The molecule has 1 heterocycles. The Balaban J connectivity index is 1.75. The number of carbonyl (C=O) groups excluding carboxylic acids is 1. The standard InChI is InChI=1S/C19H27NO4/c1-18(2,3)24-17(21)20-13-19(12-16-22-10-11-23-16)9-8-14-6-4-5-7-15(14)19/h4-7,16H,8-13H2,1-3H3,(H,20,21). The fraction of sp³-hybridized carbons (Fsp3) is 0.632. The average Bonchev–Trinajstić information content (AvgIpc) is 3.13. The molecule has 0 bridgehead atoms. The van der Waals surface area contributed by atoms with Gasteiger partial charge in [0.1, 0.15) is 5.60 Å². The predicted molar refractivity (Wildman–Crippen MR) is 91.0 cm³/mol. The van der Waals surface area contributed by atoms with Crippen LogP contribution in [-0.2, 0) is 26.0 Å². The highest BCUT2D eigenvalue weighted by Crippen LogP contribution is 2.43. The Kier molecular flexibility index (Phi) is 4.83. The second-order valence-corrected chi connectivity index (χ2v) is 7.67. The van der Waals surface area contributed by atoms with Gasteiger partial charge >= 0.3 is 6.09 Å². The Morgan fingerprint density at radius 2 is 2.00 bits per heavy atom. The van der Waals surface area contributed by atoms with Crippen molar-refractivity contribution in [3.05, 3.63) is 35.4 Å². The first kappa shape index (κ1) is 17.2. The highest BCUT2D eigenvalue weighted by molar-refractivity contribution is 5.68. The Morgan fingerprint density at radius 3 is 2.71 bits per heavy atom. The van der Waals surface area contributed by atoms with E-state index < -0.39 is 5.60 Å². The van der Waals surface area contributed by atoms with Crippen LogP contribution in [0.2, 0.25) is 0 Å². The first-order valence-corrected chi connectivity index (χ1v) is 8.66. The Hall–Kier alpha value is -1.59. The van der Waals surface area contributed by atoms with E-state index in [9.17, 15) is 4.79 Å². The number of benzene rings is 1. The van der Waals surface area contributed by atoms with Gasteiger partial charge in [0.2, 0.25) is 0 Å². The van der Waals surface area contributed by atoms with Crippen molar-refractivity contribution in [3.63, 3.8) is 0 Å². The van der Waals surface area contributed by atoms with Crippen LogP contribution >= 0.6 is 0 Å². The molecule has 1 unspecified atom stereocenters. The van der Waals surface area contributed by atoms with Gasteiger partial charge in [-0.3, -0.25) is 0 Å². The molecule has 1 fully saturated rings. The molecule has 1 amide bonds. The van der Waals surface area contributed by atoms with Crippen LogP contribution in [0.5, 0.6) is 0 Å². The predicted octanol–water partition coefficient (Wildman–Crippen LogP) is 3.16. The summed E-state index contributed by atoms with van der Waals surface area (Å²) >= 11 is 0. The average molecular weight is 333 g/mol. The third kappa shape index (κ3) is 3.90. The molecule has 1 N–H and O–H groups in total. The first-order valence-electron chi connectivity index (χ1n) is 8.66. The number of amides is 1. The van der Waals surface area contributed by atoms with Gasteiger partial charge in [0.05, 0.1) is 13.2 Å². The first-order chi connectivity index (χ1) is 11.4. The summed E-state index contributed by atoms with van der Waals surface area (Å²) in [5.74, 6) is 0. The zero-order chi connectivity index (χ0) is 17.2. The van der Waals surface area contributed by atoms with E-state index in [0.29, 0.717) is 19.8 Å². The maximum absolute atomic E-state index is 12.1. The summed E-state index contributed by atoms with van der Waals surface area (Å²) in [5.41, 5.74) is 1.98. The van der Waals surface area contributed by atoms with Crippen LogP contribution in [0, 0.1) is 0 Å². The molecule has 132 valence electrons. The summed E-state index contributed by atoms with van der Waals surface area (Å²) in [4.78, 5) is 12.1. The van der Waals surface area contributed by atoms with Gasteiger partial charge < -0.3 is 19.5 Å². The lowest BCUT2D eigenvalue weighted by atomic mass is 9.78. The number of fused-ring (bicyclic) bond motifs is 1. The van der Waals surface area contributed by atoms with Gasteiger partial charge in [0.15, 0.2) is 6.29 Å². The van der Waals surface area contributed by atoms with Crippen LogP contribution in [-0.4, -0.2) is 37.7 Å². The minimum absolute atomic E-state index is 0.164. The maximum atomic E-state index is 12.1. The minimum atomic E-state index is -0.498. The number of hydrogen-bond acceptors (Lipinski definition) is 4. The van der Waals surface area contributed by atoms with E-state index in [2.05, 4.69) is 29.6 Å². The van der Waals surface area contributed by atoms with E-state index in [1.165, 1.54) is 11.1 Å². The van der Waals surface area contributed by atoms with Crippen LogP contribution in [0.15, 0.2) is 24.3 Å². The van der Waals surface area contributed by atoms with E-state index >= 15 is 0 Å². The summed E-state index contributed by atoms with van der Waals surface area (Å²) in [7, 11) is 0. The molecule has 1 atom stereocenters. The Labute approximate surface area is 143 Å². The molecule has 0 radical (unpaired) electrons. The number of rotatable bonds is 4. The zero-order valence-electron chi connectivity index (χ0n) is 14.8. The van der Waals surface area contributed by atoms with Gasteiger partial charge in [-0.1, -0.05) is 24.3 Å². The van der Waals surface area contributed by atoms with Crippen molar-refractivity contribution in [3.8, 4) is 0 Å². The fourth-order valence-corrected chi connectivity index (χ4v) is 3.63. The zero-order valence-corrected chi connectivity index (χ0v) is 14.8. The SMILES string of the molecule is CC(C)(C)OC(=O)NCC1(CC2OCCO2)CCc2ccccc21. The van der Waals surface area contributed by atoms with Crippen molar-refractivity contribution >= 4 is 6.09 Å². The molecule has 1 aromatic rings. The quantitative estimate of drug-likeness (QED) is 0.919. The lowest BCUT2D eigenvalue weighted by Gasteiger charge is -2.33. The van der Waals surface area contributed by atoms with Gasteiger partial charge in [-0.15, -0.1) is 0 Å². The van der Waals surface area contributed by atoms with E-state index in [1.807, 2.05) is 20.8 Å². The topological polar surface area (TPSA) is 56.8 Å². The minimum Gasteiger partial charge on any atom is -0.444 e. The molecule has 5 nitrogen and oxygen atoms in total. The number of nitrogens with one attached hydrogen (secondary N) is 1. The van der Waals surface area contributed by atoms with Gasteiger partial charge in [0.25, 0.3) is 0 Å². The van der Waals surface area contributed by atoms with E-state index in [0.717, 1.165) is 19.3 Å². The van der Waals surface area contributed by atoms with Gasteiger partial charge in [-0.2, -0.15) is 0 Å². The number of alkyl carbamates (subject to hydrolysis) is 1.